The lowest BCUT2D eigenvalue weighted by molar-refractivity contribution is -0.125. The minimum Gasteiger partial charge on any atom is -0.612 e. The molecule has 1 heterocycles. The molecule has 2 aromatic carbocycles. The van der Waals surface area contributed by atoms with E-state index < -0.39 is 22.6 Å². The van der Waals surface area contributed by atoms with Crippen LogP contribution in [-0.4, -0.2) is 22.2 Å². The Balaban J connectivity index is 2.19. The fraction of sp³-hybridized carbons (Fsp3) is 0.211. The van der Waals surface area contributed by atoms with Crippen molar-refractivity contribution in [3.63, 3.8) is 0 Å². The molecule has 0 saturated carbocycles. The van der Waals surface area contributed by atoms with E-state index in [1.165, 1.54) is 18.4 Å². The molecule has 1 aliphatic rings. The average molecular weight is 379 g/mol. The topological polar surface area (TPSA) is 49.4 Å². The molecule has 1 aliphatic heterocycles. The van der Waals surface area contributed by atoms with Crippen molar-refractivity contribution in [1.82, 2.24) is 0 Å². The Hall–Kier alpha value is -1.82. The number of rotatable bonds is 3. The van der Waals surface area contributed by atoms with Crippen LogP contribution in [0.2, 0.25) is 5.02 Å². The van der Waals surface area contributed by atoms with Crippen molar-refractivity contribution >= 4 is 39.9 Å². The third kappa shape index (κ3) is 3.32. The van der Waals surface area contributed by atoms with E-state index in [0.717, 1.165) is 0 Å². The number of ether oxygens (including phenoxy) is 1. The van der Waals surface area contributed by atoms with E-state index in [2.05, 4.69) is 0 Å². The smallest absolute Gasteiger partial charge is 0.210 e. The predicted molar refractivity (Wildman–Crippen MR) is 97.2 cm³/mol. The van der Waals surface area contributed by atoms with Crippen LogP contribution in [0.15, 0.2) is 47.4 Å². The molecule has 0 N–H and O–H groups in total. The van der Waals surface area contributed by atoms with Crippen LogP contribution in [0.3, 0.4) is 0 Å². The van der Waals surface area contributed by atoms with Crippen molar-refractivity contribution in [2.24, 2.45) is 0 Å². The maximum Gasteiger partial charge on any atom is 0.210 e. The first-order valence-corrected chi connectivity index (χ1v) is 9.51. The van der Waals surface area contributed by atoms with Crippen LogP contribution >= 0.6 is 11.6 Å². The van der Waals surface area contributed by atoms with Crippen LogP contribution in [0.5, 0.6) is 0 Å². The van der Waals surface area contributed by atoms with Gasteiger partial charge < -0.3 is 9.29 Å². The lowest BCUT2D eigenvalue weighted by Crippen LogP contribution is -2.29. The number of Topliss-reactive ketones (excluding diaryl/α,β-unsaturated/α-hetero) is 1. The zero-order valence-corrected chi connectivity index (χ0v) is 15.5. The third-order valence-electron chi connectivity index (χ3n) is 3.98. The average Bonchev–Trinajstić information content (AvgIpc) is 2.77. The van der Waals surface area contributed by atoms with Gasteiger partial charge in [0.25, 0.3) is 0 Å². The molecular weight excluding hydrogens is 363 g/mol. The quantitative estimate of drug-likeness (QED) is 0.741. The second-order valence-electron chi connectivity index (χ2n) is 6.26. The normalized spacial score (nSPS) is 17.6. The van der Waals surface area contributed by atoms with Crippen molar-refractivity contribution < 1.29 is 18.5 Å². The van der Waals surface area contributed by atoms with Crippen molar-refractivity contribution in [3.05, 3.63) is 64.4 Å². The molecule has 6 heteroatoms. The third-order valence-corrected chi connectivity index (χ3v) is 5.38. The summed E-state index contributed by atoms with van der Waals surface area (Å²) in [5.74, 6) is -0.320. The number of carbonyl (C=O) groups excluding carboxylic acids is 1. The molecule has 3 rings (SSSR count). The van der Waals surface area contributed by atoms with E-state index in [1.54, 1.807) is 44.2 Å². The van der Waals surface area contributed by atoms with E-state index in [4.69, 9.17) is 16.3 Å². The van der Waals surface area contributed by atoms with E-state index in [-0.39, 0.29) is 5.78 Å². The summed E-state index contributed by atoms with van der Waals surface area (Å²) >= 11 is 4.99. The molecule has 25 heavy (non-hydrogen) atoms. The lowest BCUT2D eigenvalue weighted by atomic mass is 9.92. The van der Waals surface area contributed by atoms with Gasteiger partial charge in [-0.25, -0.2) is 4.39 Å². The van der Waals surface area contributed by atoms with Gasteiger partial charge in [0.05, 0.1) is 10.6 Å². The summed E-state index contributed by atoms with van der Waals surface area (Å²) in [5, 5.41) is 0.324. The molecule has 0 radical (unpaired) electrons. The van der Waals surface area contributed by atoms with Gasteiger partial charge in [0.1, 0.15) is 17.8 Å². The van der Waals surface area contributed by atoms with Crippen molar-refractivity contribution in [2.45, 2.75) is 24.3 Å². The van der Waals surface area contributed by atoms with Gasteiger partial charge in [0, 0.05) is 5.56 Å². The molecule has 0 spiro atoms. The van der Waals surface area contributed by atoms with E-state index >= 15 is 0 Å². The zero-order chi connectivity index (χ0) is 18.4. The maximum absolute atomic E-state index is 13.6. The second-order valence-corrected chi connectivity index (χ2v) is 8.01. The summed E-state index contributed by atoms with van der Waals surface area (Å²) in [6.45, 7) is 3.33. The molecule has 1 unspecified atom stereocenters. The standard InChI is InChI=1S/C19H16ClFO3S/c1-19(2)18(22)16(11-5-4-6-13(21)9-11)17(24-19)12-7-8-15(25(3)23)14(20)10-12/h4-10H,1-3H3. The van der Waals surface area contributed by atoms with Gasteiger partial charge in [0.2, 0.25) is 5.78 Å². The van der Waals surface area contributed by atoms with Gasteiger partial charge in [-0.3, -0.25) is 4.79 Å². The highest BCUT2D eigenvalue weighted by molar-refractivity contribution is 7.90. The number of hydrogen-bond donors (Lipinski definition) is 0. The number of halogens is 2. The van der Waals surface area contributed by atoms with E-state index in [1.807, 2.05) is 0 Å². The van der Waals surface area contributed by atoms with Crippen molar-refractivity contribution in [2.75, 3.05) is 6.26 Å². The summed E-state index contributed by atoms with van der Waals surface area (Å²) in [5.41, 5.74) is 0.281. The number of hydrogen-bond acceptors (Lipinski definition) is 3. The minimum absolute atomic E-state index is 0.229. The molecule has 1 atom stereocenters. The monoisotopic (exact) mass is 378 g/mol. The molecule has 3 nitrogen and oxygen atoms in total. The van der Waals surface area contributed by atoms with Crippen molar-refractivity contribution in [1.29, 1.82) is 0 Å². The largest absolute Gasteiger partial charge is 0.612 e. The van der Waals surface area contributed by atoms with Gasteiger partial charge in [-0.2, -0.15) is 0 Å². The van der Waals surface area contributed by atoms with Crippen LogP contribution in [0.1, 0.15) is 25.0 Å². The Morgan fingerprint density at radius 3 is 2.48 bits per heavy atom. The van der Waals surface area contributed by atoms with Gasteiger partial charge in [-0.1, -0.05) is 23.7 Å². The highest BCUT2D eigenvalue weighted by Crippen LogP contribution is 2.42. The molecule has 0 aromatic heterocycles. The Labute approximate surface area is 153 Å². The summed E-state index contributed by atoms with van der Waals surface area (Å²) in [7, 11) is 0. The molecule has 130 valence electrons. The minimum atomic E-state index is -1.23. The van der Waals surface area contributed by atoms with Crippen LogP contribution in [0, 0.1) is 5.82 Å². The summed E-state index contributed by atoms with van der Waals surface area (Å²) in [6.07, 6.45) is 1.54. The SMILES string of the molecule is C[S+]([O-])c1ccc(C2=C(c3cccc(F)c3)C(=O)C(C)(C)O2)cc1Cl. The number of ketones is 1. The molecule has 2 aromatic rings. The Morgan fingerprint density at radius 1 is 1.16 bits per heavy atom. The summed E-state index contributed by atoms with van der Waals surface area (Å²) < 4.78 is 31.2. The lowest BCUT2D eigenvalue weighted by Gasteiger charge is -2.18. The van der Waals surface area contributed by atoms with Crippen LogP contribution in [0.25, 0.3) is 11.3 Å². The zero-order valence-electron chi connectivity index (χ0n) is 13.9. The first-order valence-electron chi connectivity index (χ1n) is 7.58. The first-order chi connectivity index (χ1) is 11.7. The van der Waals surface area contributed by atoms with Gasteiger partial charge >= 0.3 is 0 Å². The molecule has 0 fully saturated rings. The predicted octanol–water partition coefficient (Wildman–Crippen LogP) is 4.46. The molecule has 0 aliphatic carbocycles. The second kappa shape index (κ2) is 6.48. The van der Waals surface area contributed by atoms with Crippen LogP contribution < -0.4 is 0 Å². The van der Waals surface area contributed by atoms with E-state index in [0.29, 0.717) is 32.4 Å². The number of carbonyl (C=O) groups is 1. The van der Waals surface area contributed by atoms with Gasteiger partial charge in [-0.15, -0.1) is 0 Å². The summed E-state index contributed by atoms with van der Waals surface area (Å²) in [4.78, 5) is 13.3. The van der Waals surface area contributed by atoms with E-state index in [9.17, 15) is 13.7 Å². The molecular formula is C19H16ClFO3S. The Bertz CT molecular complexity index is 890. The molecule has 0 saturated heterocycles. The van der Waals surface area contributed by atoms with Crippen LogP contribution in [-0.2, 0) is 20.7 Å². The molecule has 0 amide bonds. The fourth-order valence-electron chi connectivity index (χ4n) is 2.74. The van der Waals surface area contributed by atoms with Crippen molar-refractivity contribution in [3.8, 4) is 0 Å². The maximum atomic E-state index is 13.6. The molecule has 0 bridgehead atoms. The summed E-state index contributed by atoms with van der Waals surface area (Å²) in [6, 6.07) is 10.8. The Morgan fingerprint density at radius 2 is 1.88 bits per heavy atom. The number of benzene rings is 2. The first kappa shape index (κ1) is 18.0. The fourth-order valence-corrected chi connectivity index (χ4v) is 3.84. The van der Waals surface area contributed by atoms with Crippen LogP contribution in [0.4, 0.5) is 4.39 Å². The van der Waals surface area contributed by atoms with Gasteiger partial charge in [-0.05, 0) is 60.9 Å². The highest BCUT2D eigenvalue weighted by atomic mass is 35.5. The van der Waals surface area contributed by atoms with Gasteiger partial charge in [0.15, 0.2) is 10.5 Å². The highest BCUT2D eigenvalue weighted by Gasteiger charge is 2.43. The Kier molecular flexibility index (Phi) is 4.66.